The van der Waals surface area contributed by atoms with Crippen LogP contribution >= 0.6 is 15.9 Å². The van der Waals surface area contributed by atoms with Crippen molar-refractivity contribution in [1.82, 2.24) is 0 Å². The van der Waals surface area contributed by atoms with E-state index in [4.69, 9.17) is 4.74 Å². The Morgan fingerprint density at radius 3 is 2.58 bits per heavy atom. The van der Waals surface area contributed by atoms with Crippen molar-refractivity contribution in [2.75, 3.05) is 11.8 Å². The first-order valence-electron chi connectivity index (χ1n) is 6.38. The van der Waals surface area contributed by atoms with Gasteiger partial charge in [0.25, 0.3) is 0 Å². The zero-order valence-electron chi connectivity index (χ0n) is 10.9. The van der Waals surface area contributed by atoms with Gasteiger partial charge in [0.2, 0.25) is 10.0 Å². The second kappa shape index (κ2) is 6.13. The molecule has 1 fully saturated rings. The number of hydrogen-bond donors (Lipinski definition) is 1. The van der Waals surface area contributed by atoms with E-state index in [2.05, 4.69) is 20.7 Å². The van der Waals surface area contributed by atoms with E-state index < -0.39 is 10.0 Å². The number of nitrogens with one attached hydrogen (secondary N) is 1. The molecule has 0 bridgehead atoms. The van der Waals surface area contributed by atoms with Crippen molar-refractivity contribution >= 4 is 31.6 Å². The summed E-state index contributed by atoms with van der Waals surface area (Å²) < 4.78 is 33.2. The highest BCUT2D eigenvalue weighted by molar-refractivity contribution is 9.10. The lowest BCUT2D eigenvalue weighted by Crippen LogP contribution is -2.29. The van der Waals surface area contributed by atoms with E-state index in [0.717, 1.165) is 32.1 Å². The fourth-order valence-corrected chi connectivity index (χ4v) is 4.39. The Kier molecular flexibility index (Phi) is 4.73. The molecule has 1 N–H and O–H groups in total. The van der Waals surface area contributed by atoms with Gasteiger partial charge in [0, 0.05) is 10.5 Å². The molecule has 0 amide bonds. The molecule has 0 spiro atoms. The molecule has 1 aromatic rings. The fourth-order valence-electron chi connectivity index (χ4n) is 2.32. The van der Waals surface area contributed by atoms with Crippen molar-refractivity contribution in [3.05, 3.63) is 22.7 Å². The standard InChI is InChI=1S/C13H18BrNO3S/c1-18-10-7-8-12(14)13(9-10)15-19(16,17)11-5-3-2-4-6-11/h7-9,11,15H,2-6H2,1H3. The van der Waals surface area contributed by atoms with Crippen LogP contribution in [0.15, 0.2) is 22.7 Å². The summed E-state index contributed by atoms with van der Waals surface area (Å²) in [7, 11) is -1.76. The molecule has 1 saturated carbocycles. The minimum atomic E-state index is -3.32. The molecule has 6 heteroatoms. The van der Waals surface area contributed by atoms with Crippen molar-refractivity contribution < 1.29 is 13.2 Å². The van der Waals surface area contributed by atoms with Gasteiger partial charge < -0.3 is 4.74 Å². The molecule has 0 saturated heterocycles. The normalized spacial score (nSPS) is 17.2. The highest BCUT2D eigenvalue weighted by Gasteiger charge is 2.27. The Morgan fingerprint density at radius 1 is 1.26 bits per heavy atom. The number of hydrogen-bond acceptors (Lipinski definition) is 3. The largest absolute Gasteiger partial charge is 0.497 e. The maximum absolute atomic E-state index is 12.3. The van der Waals surface area contributed by atoms with Gasteiger partial charge in [0.1, 0.15) is 5.75 Å². The zero-order valence-corrected chi connectivity index (χ0v) is 13.3. The molecular formula is C13H18BrNO3S. The SMILES string of the molecule is COc1ccc(Br)c(NS(=O)(=O)C2CCCCC2)c1. The van der Waals surface area contributed by atoms with E-state index in [1.165, 1.54) is 0 Å². The van der Waals surface area contributed by atoms with Crippen LogP contribution in [0.1, 0.15) is 32.1 Å². The monoisotopic (exact) mass is 347 g/mol. The summed E-state index contributed by atoms with van der Waals surface area (Å²) in [5.74, 6) is 0.629. The third kappa shape index (κ3) is 3.63. The number of ether oxygens (including phenoxy) is 1. The van der Waals surface area contributed by atoms with Gasteiger partial charge in [-0.3, -0.25) is 4.72 Å². The van der Waals surface area contributed by atoms with Crippen LogP contribution in [-0.4, -0.2) is 20.8 Å². The van der Waals surface area contributed by atoms with E-state index in [9.17, 15) is 8.42 Å². The summed E-state index contributed by atoms with van der Waals surface area (Å²) in [5.41, 5.74) is 0.532. The quantitative estimate of drug-likeness (QED) is 0.906. The highest BCUT2D eigenvalue weighted by atomic mass is 79.9. The van der Waals surface area contributed by atoms with Crippen LogP contribution in [0, 0.1) is 0 Å². The summed E-state index contributed by atoms with van der Waals surface area (Å²) in [6, 6.07) is 5.24. The molecule has 2 rings (SSSR count). The maximum Gasteiger partial charge on any atom is 0.235 e. The summed E-state index contributed by atoms with van der Waals surface area (Å²) in [5, 5.41) is -0.278. The number of methoxy groups -OCH3 is 1. The number of benzene rings is 1. The lowest BCUT2D eigenvalue weighted by Gasteiger charge is -2.22. The molecule has 19 heavy (non-hydrogen) atoms. The molecule has 4 nitrogen and oxygen atoms in total. The maximum atomic E-state index is 12.3. The van der Waals surface area contributed by atoms with Crippen molar-refractivity contribution in [3.8, 4) is 5.75 Å². The van der Waals surface area contributed by atoms with Gasteiger partial charge in [-0.15, -0.1) is 0 Å². The fraction of sp³-hybridized carbons (Fsp3) is 0.538. The van der Waals surface area contributed by atoms with Gasteiger partial charge in [-0.2, -0.15) is 0 Å². The lowest BCUT2D eigenvalue weighted by molar-refractivity contribution is 0.415. The van der Waals surface area contributed by atoms with E-state index in [1.54, 1.807) is 25.3 Å². The number of anilines is 1. The van der Waals surface area contributed by atoms with Crippen molar-refractivity contribution in [2.24, 2.45) is 0 Å². The van der Waals surface area contributed by atoms with Crippen LogP contribution < -0.4 is 9.46 Å². The molecule has 1 aliphatic rings. The van der Waals surface area contributed by atoms with Gasteiger partial charge in [-0.05, 0) is 40.9 Å². The van der Waals surface area contributed by atoms with Crippen LogP contribution in [0.3, 0.4) is 0 Å². The van der Waals surface area contributed by atoms with Crippen LogP contribution in [0.5, 0.6) is 5.75 Å². The predicted octanol–water partition coefficient (Wildman–Crippen LogP) is 3.53. The molecule has 0 heterocycles. The summed E-state index contributed by atoms with van der Waals surface area (Å²) in [4.78, 5) is 0. The smallest absolute Gasteiger partial charge is 0.235 e. The molecule has 0 aromatic heterocycles. The van der Waals surface area contributed by atoms with Crippen molar-refractivity contribution in [1.29, 1.82) is 0 Å². The van der Waals surface area contributed by atoms with E-state index >= 15 is 0 Å². The average molecular weight is 348 g/mol. The van der Waals surface area contributed by atoms with Gasteiger partial charge in [-0.25, -0.2) is 8.42 Å². The minimum Gasteiger partial charge on any atom is -0.497 e. The number of rotatable bonds is 4. The second-order valence-corrected chi connectivity index (χ2v) is 7.57. The third-order valence-corrected chi connectivity index (χ3v) is 5.96. The van der Waals surface area contributed by atoms with Gasteiger partial charge in [0.15, 0.2) is 0 Å². The summed E-state index contributed by atoms with van der Waals surface area (Å²) in [6.07, 6.45) is 4.61. The van der Waals surface area contributed by atoms with Gasteiger partial charge in [0.05, 0.1) is 18.0 Å². The van der Waals surface area contributed by atoms with Crippen LogP contribution in [0.25, 0.3) is 0 Å². The Hall–Kier alpha value is -0.750. The molecule has 106 valence electrons. The Balaban J connectivity index is 2.19. The van der Waals surface area contributed by atoms with Crippen molar-refractivity contribution in [2.45, 2.75) is 37.4 Å². The molecule has 0 unspecified atom stereocenters. The third-order valence-electron chi connectivity index (χ3n) is 3.42. The molecule has 0 radical (unpaired) electrons. The average Bonchev–Trinajstić information content (AvgIpc) is 2.42. The van der Waals surface area contributed by atoms with E-state index in [0.29, 0.717) is 15.9 Å². The molecule has 0 aliphatic heterocycles. The Labute approximate surface area is 122 Å². The predicted molar refractivity (Wildman–Crippen MR) is 80.1 cm³/mol. The zero-order chi connectivity index (χ0) is 13.9. The minimum absolute atomic E-state index is 0.278. The van der Waals surface area contributed by atoms with E-state index in [-0.39, 0.29) is 5.25 Å². The van der Waals surface area contributed by atoms with E-state index in [1.807, 2.05) is 0 Å². The lowest BCUT2D eigenvalue weighted by atomic mass is 10.0. The number of sulfonamides is 1. The second-order valence-electron chi connectivity index (χ2n) is 4.75. The molecule has 1 aromatic carbocycles. The topological polar surface area (TPSA) is 55.4 Å². The molecule has 1 aliphatic carbocycles. The Bertz CT molecular complexity index is 539. The number of halogens is 1. The Morgan fingerprint density at radius 2 is 1.95 bits per heavy atom. The highest BCUT2D eigenvalue weighted by Crippen LogP contribution is 2.30. The van der Waals surface area contributed by atoms with Crippen LogP contribution in [0.2, 0.25) is 0 Å². The first kappa shape index (κ1) is 14.7. The van der Waals surface area contributed by atoms with Crippen LogP contribution in [0.4, 0.5) is 5.69 Å². The molecule has 0 atom stereocenters. The first-order valence-corrected chi connectivity index (χ1v) is 8.72. The summed E-state index contributed by atoms with van der Waals surface area (Å²) >= 11 is 3.35. The molecular weight excluding hydrogens is 330 g/mol. The van der Waals surface area contributed by atoms with Gasteiger partial charge >= 0.3 is 0 Å². The summed E-state index contributed by atoms with van der Waals surface area (Å²) in [6.45, 7) is 0. The first-order chi connectivity index (χ1) is 9.03. The van der Waals surface area contributed by atoms with Crippen LogP contribution in [-0.2, 0) is 10.0 Å². The van der Waals surface area contributed by atoms with Crippen molar-refractivity contribution in [3.63, 3.8) is 0 Å². The van der Waals surface area contributed by atoms with Gasteiger partial charge in [-0.1, -0.05) is 19.3 Å².